The molecule has 2 heterocycles. The average Bonchev–Trinajstić information content (AvgIpc) is 3.48. The van der Waals surface area contributed by atoms with Crippen LogP contribution in [0.4, 0.5) is 5.69 Å². The fraction of sp³-hybridized carbons (Fsp3) is 0.571. The summed E-state index contributed by atoms with van der Waals surface area (Å²) < 4.78 is 0. The monoisotopic (exact) mass is 386 g/mol. The first-order valence-corrected chi connectivity index (χ1v) is 10.3. The third kappa shape index (κ3) is 4.25. The first kappa shape index (κ1) is 18.6. The lowest BCUT2D eigenvalue weighted by Gasteiger charge is -2.31. The van der Waals surface area contributed by atoms with E-state index >= 15 is 0 Å². The smallest absolute Gasteiger partial charge is 0.169 e. The van der Waals surface area contributed by atoms with E-state index in [0.717, 1.165) is 49.4 Å². The number of hydrogen-bond acceptors (Lipinski definition) is 5. The van der Waals surface area contributed by atoms with Crippen molar-refractivity contribution in [1.82, 2.24) is 14.9 Å². The quantitative estimate of drug-likeness (QED) is 0.588. The molecule has 0 amide bonds. The van der Waals surface area contributed by atoms with Gasteiger partial charge in [0, 0.05) is 24.7 Å². The molecule has 4 rings (SSSR count). The normalized spacial score (nSPS) is 23.0. The lowest BCUT2D eigenvalue weighted by atomic mass is 9.85. The molecule has 2 aliphatic carbocycles. The predicted molar refractivity (Wildman–Crippen MR) is 110 cm³/mol. The van der Waals surface area contributed by atoms with Crippen LogP contribution in [0, 0.1) is 11.8 Å². The molecule has 2 aromatic heterocycles. The van der Waals surface area contributed by atoms with Crippen molar-refractivity contribution in [1.29, 1.82) is 0 Å². The van der Waals surface area contributed by atoms with Gasteiger partial charge >= 0.3 is 0 Å². The van der Waals surface area contributed by atoms with Crippen molar-refractivity contribution >= 4 is 34.1 Å². The Kier molecular flexibility index (Phi) is 5.33. The molecule has 1 N–H and O–H groups in total. The Morgan fingerprint density at radius 3 is 2.59 bits per heavy atom. The molecule has 27 heavy (non-hydrogen) atoms. The number of Topliss-reactive ketones (excluding diaryl/α,β-unsaturated/α-hetero) is 1. The third-order valence-corrected chi connectivity index (χ3v) is 5.92. The molecule has 0 saturated heterocycles. The van der Waals surface area contributed by atoms with Crippen LogP contribution >= 0.6 is 11.6 Å². The summed E-state index contributed by atoms with van der Waals surface area (Å²) in [4.78, 5) is 24.1. The molecule has 2 aliphatic rings. The van der Waals surface area contributed by atoms with Gasteiger partial charge in [-0.15, -0.1) is 0 Å². The molecule has 5 nitrogen and oxygen atoms in total. The van der Waals surface area contributed by atoms with Crippen LogP contribution in [0.5, 0.6) is 0 Å². The predicted octanol–water partition coefficient (Wildman–Crippen LogP) is 4.41. The second-order valence-corrected chi connectivity index (χ2v) is 8.70. The van der Waals surface area contributed by atoms with Crippen LogP contribution in [-0.2, 0) is 0 Å². The van der Waals surface area contributed by atoms with Gasteiger partial charge in [0.15, 0.2) is 5.78 Å². The maximum atomic E-state index is 12.8. The van der Waals surface area contributed by atoms with Gasteiger partial charge in [-0.1, -0.05) is 11.6 Å². The van der Waals surface area contributed by atoms with Crippen LogP contribution in [0.1, 0.15) is 48.9 Å². The molecule has 144 valence electrons. The molecule has 0 aliphatic heterocycles. The van der Waals surface area contributed by atoms with Gasteiger partial charge in [-0.3, -0.25) is 9.78 Å². The average molecular weight is 387 g/mol. The van der Waals surface area contributed by atoms with E-state index < -0.39 is 0 Å². The summed E-state index contributed by atoms with van der Waals surface area (Å²) in [6, 6.07) is 3.98. The van der Waals surface area contributed by atoms with Crippen LogP contribution in [0.25, 0.3) is 11.0 Å². The van der Waals surface area contributed by atoms with Crippen LogP contribution in [0.15, 0.2) is 18.3 Å². The van der Waals surface area contributed by atoms with E-state index in [2.05, 4.69) is 34.3 Å². The van der Waals surface area contributed by atoms with E-state index in [1.54, 1.807) is 12.3 Å². The number of ketones is 1. The highest BCUT2D eigenvalue weighted by atomic mass is 35.5. The Labute approximate surface area is 165 Å². The fourth-order valence-corrected chi connectivity index (χ4v) is 4.30. The summed E-state index contributed by atoms with van der Waals surface area (Å²) in [6.07, 6.45) is 8.32. The van der Waals surface area contributed by atoms with Gasteiger partial charge in [-0.25, -0.2) is 4.98 Å². The minimum absolute atomic E-state index is 0.153. The third-order valence-electron chi connectivity index (χ3n) is 5.71. The Morgan fingerprint density at radius 1 is 1.19 bits per heavy atom. The van der Waals surface area contributed by atoms with Gasteiger partial charge in [0.05, 0.1) is 16.8 Å². The van der Waals surface area contributed by atoms with E-state index in [1.807, 2.05) is 6.07 Å². The molecule has 2 saturated carbocycles. The summed E-state index contributed by atoms with van der Waals surface area (Å²) in [7, 11) is 4.28. The minimum atomic E-state index is 0.153. The van der Waals surface area contributed by atoms with Crippen molar-refractivity contribution in [2.45, 2.75) is 44.6 Å². The molecule has 6 heteroatoms. The molecular weight excluding hydrogens is 360 g/mol. The SMILES string of the molecule is CN(C)CC1CCC(Nc2c(C(=O)C3CC3)cnc3ccc(Cl)nc23)CC1. The molecular formula is C21H27ClN4O. The maximum absolute atomic E-state index is 12.8. The highest BCUT2D eigenvalue weighted by Crippen LogP contribution is 2.37. The first-order valence-electron chi connectivity index (χ1n) is 9.92. The van der Waals surface area contributed by atoms with Crippen molar-refractivity contribution in [2.24, 2.45) is 11.8 Å². The molecule has 0 unspecified atom stereocenters. The largest absolute Gasteiger partial charge is 0.380 e. The molecule has 0 bridgehead atoms. The number of nitrogens with one attached hydrogen (secondary N) is 1. The van der Waals surface area contributed by atoms with Crippen LogP contribution in [0.2, 0.25) is 5.15 Å². The maximum Gasteiger partial charge on any atom is 0.169 e. The molecule has 2 fully saturated rings. The number of anilines is 1. The lowest BCUT2D eigenvalue weighted by Crippen LogP contribution is -2.31. The first-order chi connectivity index (χ1) is 13.0. The number of nitrogens with zero attached hydrogens (tertiary/aromatic N) is 3. The fourth-order valence-electron chi connectivity index (χ4n) is 4.15. The molecule has 2 aromatic rings. The summed E-state index contributed by atoms with van der Waals surface area (Å²) in [5.41, 5.74) is 2.99. The topological polar surface area (TPSA) is 58.1 Å². The molecule has 0 aromatic carbocycles. The van der Waals surface area contributed by atoms with Crippen molar-refractivity contribution in [2.75, 3.05) is 26.0 Å². The summed E-state index contributed by atoms with van der Waals surface area (Å²) >= 11 is 6.15. The Morgan fingerprint density at radius 2 is 1.93 bits per heavy atom. The number of carbonyl (C=O) groups is 1. The number of fused-ring (bicyclic) bond motifs is 1. The van der Waals surface area contributed by atoms with Crippen LogP contribution in [-0.4, -0.2) is 47.3 Å². The number of rotatable bonds is 6. The zero-order valence-corrected chi connectivity index (χ0v) is 16.8. The second-order valence-electron chi connectivity index (χ2n) is 8.31. The van der Waals surface area contributed by atoms with E-state index in [9.17, 15) is 4.79 Å². The lowest BCUT2D eigenvalue weighted by molar-refractivity contribution is 0.0968. The number of aromatic nitrogens is 2. The van der Waals surface area contributed by atoms with Crippen molar-refractivity contribution in [3.05, 3.63) is 29.0 Å². The molecule has 0 radical (unpaired) electrons. The Hall–Kier alpha value is -1.72. The molecule has 0 atom stereocenters. The van der Waals surface area contributed by atoms with Gasteiger partial charge in [0.2, 0.25) is 0 Å². The minimum Gasteiger partial charge on any atom is -0.380 e. The number of carbonyl (C=O) groups excluding carboxylic acids is 1. The Balaban J connectivity index is 1.60. The summed E-state index contributed by atoms with van der Waals surface area (Å²) in [6.45, 7) is 1.15. The standard InChI is InChI=1S/C21H27ClN4O/c1-26(2)12-13-3-7-15(8-4-13)24-19-16(21(27)14-5-6-14)11-23-17-9-10-18(22)25-20(17)19/h9-11,13-15H,3-8,12H2,1-2H3,(H,23,24). The number of hydrogen-bond donors (Lipinski definition) is 1. The van der Waals surface area contributed by atoms with Crippen molar-refractivity contribution in [3.8, 4) is 0 Å². The Bertz CT molecular complexity index is 841. The van der Waals surface area contributed by atoms with Crippen molar-refractivity contribution < 1.29 is 4.79 Å². The summed E-state index contributed by atoms with van der Waals surface area (Å²) in [5.74, 6) is 1.10. The van der Waals surface area contributed by atoms with E-state index in [4.69, 9.17) is 11.6 Å². The second kappa shape index (κ2) is 7.72. The highest BCUT2D eigenvalue weighted by Gasteiger charge is 2.33. The number of halogens is 1. The zero-order chi connectivity index (χ0) is 19.0. The number of pyridine rings is 2. The highest BCUT2D eigenvalue weighted by molar-refractivity contribution is 6.30. The van der Waals surface area contributed by atoms with Crippen LogP contribution in [0.3, 0.4) is 0 Å². The van der Waals surface area contributed by atoms with Gasteiger partial charge in [-0.05, 0) is 70.7 Å². The van der Waals surface area contributed by atoms with Gasteiger partial charge in [0.1, 0.15) is 10.7 Å². The van der Waals surface area contributed by atoms with E-state index in [1.165, 1.54) is 12.8 Å². The van der Waals surface area contributed by atoms with Gasteiger partial charge in [0.25, 0.3) is 0 Å². The summed E-state index contributed by atoms with van der Waals surface area (Å²) in [5, 5.41) is 4.09. The van der Waals surface area contributed by atoms with E-state index in [-0.39, 0.29) is 11.7 Å². The van der Waals surface area contributed by atoms with E-state index in [0.29, 0.717) is 22.3 Å². The van der Waals surface area contributed by atoms with Crippen molar-refractivity contribution in [3.63, 3.8) is 0 Å². The zero-order valence-electron chi connectivity index (χ0n) is 16.0. The molecule has 0 spiro atoms. The van der Waals surface area contributed by atoms with Gasteiger partial charge in [-0.2, -0.15) is 0 Å². The van der Waals surface area contributed by atoms with Crippen LogP contribution < -0.4 is 5.32 Å². The van der Waals surface area contributed by atoms with Gasteiger partial charge < -0.3 is 10.2 Å².